The van der Waals surface area contributed by atoms with Gasteiger partial charge in [0.1, 0.15) is 0 Å². The second-order valence-corrected chi connectivity index (χ2v) is 5.48. The first-order valence-electron chi connectivity index (χ1n) is 7.23. The van der Waals surface area contributed by atoms with E-state index in [-0.39, 0.29) is 5.65 Å². The molecule has 3 rings (SSSR count). The van der Waals surface area contributed by atoms with Crippen molar-refractivity contribution in [3.63, 3.8) is 0 Å². The summed E-state index contributed by atoms with van der Waals surface area (Å²) >= 11 is 0. The molecule has 1 N–H and O–H groups in total. The summed E-state index contributed by atoms with van der Waals surface area (Å²) in [6, 6.07) is 3.74. The summed E-state index contributed by atoms with van der Waals surface area (Å²) in [7, 11) is 0. The van der Waals surface area contributed by atoms with E-state index in [1.807, 2.05) is 19.1 Å². The van der Waals surface area contributed by atoms with Gasteiger partial charge in [0, 0.05) is 11.8 Å². The third kappa shape index (κ3) is 2.77. The summed E-state index contributed by atoms with van der Waals surface area (Å²) in [6.45, 7) is 5.74. The number of fused-ring (bicyclic) bond motifs is 1. The average molecular weight is 336 g/mol. The second-order valence-electron chi connectivity index (χ2n) is 5.48. The number of alkyl halides is 3. The first kappa shape index (κ1) is 16.2. The van der Waals surface area contributed by atoms with Gasteiger partial charge in [0.15, 0.2) is 11.5 Å². The monoisotopic (exact) mass is 336 g/mol. The quantitative estimate of drug-likeness (QED) is 0.796. The van der Waals surface area contributed by atoms with Gasteiger partial charge in [0.25, 0.3) is 5.82 Å². The molecule has 126 valence electrons. The number of rotatable bonds is 3. The first-order chi connectivity index (χ1) is 11.3. The predicted molar refractivity (Wildman–Crippen MR) is 81.6 cm³/mol. The van der Waals surface area contributed by atoms with Crippen LogP contribution >= 0.6 is 0 Å². The molecule has 0 aliphatic heterocycles. The molecular weight excluding hydrogens is 321 g/mol. The van der Waals surface area contributed by atoms with Crippen molar-refractivity contribution >= 4 is 11.5 Å². The molecule has 24 heavy (non-hydrogen) atoms. The van der Waals surface area contributed by atoms with Crippen molar-refractivity contribution in [2.24, 2.45) is 0 Å². The average Bonchev–Trinajstić information content (AvgIpc) is 2.95. The Morgan fingerprint density at radius 1 is 1.12 bits per heavy atom. The molecule has 6 nitrogen and oxygen atoms in total. The predicted octanol–water partition coefficient (Wildman–Crippen LogP) is 3.08. The van der Waals surface area contributed by atoms with E-state index in [0.717, 1.165) is 21.3 Å². The Bertz CT molecular complexity index is 900. The summed E-state index contributed by atoms with van der Waals surface area (Å²) in [5.74, 6) is -0.798. The molecule has 0 spiro atoms. The smallest absolute Gasteiger partial charge is 0.363 e. The minimum Gasteiger partial charge on any atom is -0.363 e. The van der Waals surface area contributed by atoms with Crippen molar-refractivity contribution in [3.05, 3.63) is 46.5 Å². The van der Waals surface area contributed by atoms with E-state index in [2.05, 4.69) is 25.6 Å². The summed E-state index contributed by atoms with van der Waals surface area (Å²) in [4.78, 5) is 4.25. The van der Waals surface area contributed by atoms with Crippen molar-refractivity contribution < 1.29 is 13.2 Å². The van der Waals surface area contributed by atoms with Gasteiger partial charge in [-0.2, -0.15) is 17.7 Å². The second kappa shape index (κ2) is 5.73. The lowest BCUT2D eigenvalue weighted by atomic mass is 10.1. The van der Waals surface area contributed by atoms with E-state index in [9.17, 15) is 13.2 Å². The van der Waals surface area contributed by atoms with Gasteiger partial charge in [0.05, 0.1) is 12.2 Å². The van der Waals surface area contributed by atoms with E-state index in [0.29, 0.717) is 17.9 Å². The van der Waals surface area contributed by atoms with Crippen LogP contribution in [-0.4, -0.2) is 24.8 Å². The highest BCUT2D eigenvalue weighted by Crippen LogP contribution is 2.29. The van der Waals surface area contributed by atoms with Gasteiger partial charge in [0.2, 0.25) is 0 Å². The summed E-state index contributed by atoms with van der Waals surface area (Å²) < 4.78 is 39.8. The zero-order chi connectivity index (χ0) is 17.5. The van der Waals surface area contributed by atoms with Crippen LogP contribution in [0.1, 0.15) is 28.2 Å². The first-order valence-corrected chi connectivity index (χ1v) is 7.23. The molecule has 0 unspecified atom stereocenters. The van der Waals surface area contributed by atoms with E-state index >= 15 is 0 Å². The van der Waals surface area contributed by atoms with Gasteiger partial charge in [-0.25, -0.2) is 0 Å². The van der Waals surface area contributed by atoms with Crippen LogP contribution in [0.2, 0.25) is 0 Å². The van der Waals surface area contributed by atoms with E-state index < -0.39 is 12.0 Å². The molecule has 3 heterocycles. The van der Waals surface area contributed by atoms with Crippen LogP contribution in [0.15, 0.2) is 18.3 Å². The Labute approximate surface area is 135 Å². The van der Waals surface area contributed by atoms with Crippen molar-refractivity contribution in [1.29, 1.82) is 0 Å². The molecule has 0 atom stereocenters. The standard InChI is InChI=1S/C15H15F3N6/c1-8-5-4-6-19-11(8)7-20-12-9(2)10(3)13-21-22-14(15(16,17)18)24(13)23-12/h4-6H,7H2,1-3H3,(H,20,23). The maximum absolute atomic E-state index is 13.0. The van der Waals surface area contributed by atoms with Crippen molar-refractivity contribution in [1.82, 2.24) is 24.8 Å². The number of nitrogens with zero attached hydrogens (tertiary/aromatic N) is 5. The molecule has 3 aromatic heterocycles. The topological polar surface area (TPSA) is 68.0 Å². The molecule has 0 amide bonds. The number of halogens is 3. The van der Waals surface area contributed by atoms with Gasteiger partial charge in [-0.05, 0) is 38.0 Å². The molecular formula is C15H15F3N6. The number of nitrogens with one attached hydrogen (secondary N) is 1. The van der Waals surface area contributed by atoms with Gasteiger partial charge < -0.3 is 5.32 Å². The molecule has 0 aliphatic rings. The number of aryl methyl sites for hydroxylation is 2. The molecule has 0 saturated carbocycles. The Morgan fingerprint density at radius 3 is 2.54 bits per heavy atom. The lowest BCUT2D eigenvalue weighted by molar-refractivity contribution is -0.146. The third-order valence-electron chi connectivity index (χ3n) is 3.89. The fourth-order valence-corrected chi connectivity index (χ4v) is 2.34. The fourth-order valence-electron chi connectivity index (χ4n) is 2.34. The number of anilines is 1. The van der Waals surface area contributed by atoms with Crippen LogP contribution in [0.5, 0.6) is 0 Å². The Balaban J connectivity index is 2.02. The number of aromatic nitrogens is 5. The molecule has 0 saturated heterocycles. The van der Waals surface area contributed by atoms with Crippen LogP contribution in [0.3, 0.4) is 0 Å². The van der Waals surface area contributed by atoms with Crippen molar-refractivity contribution in [3.8, 4) is 0 Å². The minimum absolute atomic E-state index is 0.0967. The van der Waals surface area contributed by atoms with Crippen molar-refractivity contribution in [2.45, 2.75) is 33.5 Å². The third-order valence-corrected chi connectivity index (χ3v) is 3.89. The zero-order valence-electron chi connectivity index (χ0n) is 13.3. The summed E-state index contributed by atoms with van der Waals surface area (Å²) in [6.07, 6.45) is -2.96. The highest BCUT2D eigenvalue weighted by Gasteiger charge is 2.38. The lowest BCUT2D eigenvalue weighted by Crippen LogP contribution is -2.15. The van der Waals surface area contributed by atoms with Crippen LogP contribution in [0.25, 0.3) is 5.65 Å². The Hall–Kier alpha value is -2.71. The van der Waals surface area contributed by atoms with E-state index in [4.69, 9.17) is 0 Å². The van der Waals surface area contributed by atoms with Gasteiger partial charge in [-0.1, -0.05) is 6.07 Å². The number of hydrogen-bond acceptors (Lipinski definition) is 5. The van der Waals surface area contributed by atoms with Gasteiger partial charge >= 0.3 is 6.18 Å². The van der Waals surface area contributed by atoms with Gasteiger partial charge in [-0.3, -0.25) is 4.98 Å². The Morgan fingerprint density at radius 2 is 1.88 bits per heavy atom. The summed E-state index contributed by atoms with van der Waals surface area (Å²) in [5, 5.41) is 13.9. The minimum atomic E-state index is -4.62. The summed E-state index contributed by atoms with van der Waals surface area (Å²) in [5.41, 5.74) is 3.20. The van der Waals surface area contributed by atoms with Gasteiger partial charge in [-0.15, -0.1) is 15.3 Å². The fraction of sp³-hybridized carbons (Fsp3) is 0.333. The molecule has 9 heteroatoms. The van der Waals surface area contributed by atoms with Crippen LogP contribution in [0.4, 0.5) is 19.0 Å². The van der Waals surface area contributed by atoms with Crippen LogP contribution in [-0.2, 0) is 12.7 Å². The molecule has 0 aliphatic carbocycles. The maximum atomic E-state index is 13.0. The largest absolute Gasteiger partial charge is 0.453 e. The highest BCUT2D eigenvalue weighted by atomic mass is 19.4. The molecule has 0 radical (unpaired) electrons. The van der Waals surface area contributed by atoms with Crippen LogP contribution in [0, 0.1) is 20.8 Å². The van der Waals surface area contributed by atoms with E-state index in [1.54, 1.807) is 20.0 Å². The number of pyridine rings is 1. The zero-order valence-corrected chi connectivity index (χ0v) is 13.3. The normalized spacial score (nSPS) is 11.9. The lowest BCUT2D eigenvalue weighted by Gasteiger charge is -2.13. The van der Waals surface area contributed by atoms with E-state index in [1.165, 1.54) is 0 Å². The molecule has 3 aromatic rings. The SMILES string of the molecule is Cc1cccnc1CNc1nn2c(C(F)(F)F)nnc2c(C)c1C. The maximum Gasteiger partial charge on any atom is 0.453 e. The number of hydrogen-bond donors (Lipinski definition) is 1. The molecule has 0 fully saturated rings. The highest BCUT2D eigenvalue weighted by molar-refractivity contribution is 5.58. The molecule has 0 aromatic carbocycles. The van der Waals surface area contributed by atoms with Crippen molar-refractivity contribution in [2.75, 3.05) is 5.32 Å². The Kier molecular flexibility index (Phi) is 3.86. The molecule has 0 bridgehead atoms. The van der Waals surface area contributed by atoms with Crippen LogP contribution < -0.4 is 5.32 Å².